The fourth-order valence-corrected chi connectivity index (χ4v) is 2.95. The van der Waals surface area contributed by atoms with Crippen molar-refractivity contribution < 1.29 is 13.7 Å². The molecule has 0 radical (unpaired) electrons. The molecule has 2 aromatic heterocycles. The summed E-state index contributed by atoms with van der Waals surface area (Å²) in [4.78, 5) is 18.2. The highest BCUT2D eigenvalue weighted by molar-refractivity contribution is 5.75. The Balaban J connectivity index is 1.19. The second-order valence-electron chi connectivity index (χ2n) is 6.36. The van der Waals surface area contributed by atoms with E-state index in [1.54, 1.807) is 23.3 Å². The van der Waals surface area contributed by atoms with Gasteiger partial charge in [0.2, 0.25) is 11.7 Å². The number of hydrogen-bond acceptors (Lipinski definition) is 5. The van der Waals surface area contributed by atoms with Gasteiger partial charge in [-0.25, -0.2) is 4.79 Å². The van der Waals surface area contributed by atoms with Crippen molar-refractivity contribution in [3.63, 3.8) is 0 Å². The number of aromatic nitrogens is 2. The maximum Gasteiger partial charge on any atom is 0.317 e. The number of furan rings is 1. The van der Waals surface area contributed by atoms with Crippen LogP contribution in [0.2, 0.25) is 0 Å². The molecule has 7 nitrogen and oxygen atoms in total. The van der Waals surface area contributed by atoms with E-state index in [2.05, 4.69) is 27.6 Å². The Labute approximate surface area is 151 Å². The Bertz CT molecular complexity index is 839. The van der Waals surface area contributed by atoms with E-state index in [1.807, 2.05) is 18.2 Å². The predicted molar refractivity (Wildman–Crippen MR) is 94.5 cm³/mol. The van der Waals surface area contributed by atoms with E-state index in [4.69, 9.17) is 8.94 Å². The molecule has 0 saturated carbocycles. The third kappa shape index (κ3) is 3.61. The van der Waals surface area contributed by atoms with Crippen molar-refractivity contribution in [1.29, 1.82) is 0 Å². The van der Waals surface area contributed by atoms with Crippen LogP contribution in [0.25, 0.3) is 11.6 Å². The fraction of sp³-hybridized carbons (Fsp3) is 0.316. The van der Waals surface area contributed by atoms with Crippen LogP contribution in [0.5, 0.6) is 0 Å². The molecule has 7 heteroatoms. The molecule has 0 atom stereocenters. The molecular weight excluding hydrogens is 332 g/mol. The molecule has 1 aliphatic heterocycles. The predicted octanol–water partition coefficient (Wildman–Crippen LogP) is 3.07. The van der Waals surface area contributed by atoms with Crippen molar-refractivity contribution in [1.82, 2.24) is 20.4 Å². The first kappa shape index (κ1) is 16.4. The second kappa shape index (κ2) is 7.43. The Kier molecular flexibility index (Phi) is 4.68. The van der Waals surface area contributed by atoms with Crippen LogP contribution in [-0.2, 0) is 6.42 Å². The van der Waals surface area contributed by atoms with Crippen molar-refractivity contribution >= 4 is 6.03 Å². The van der Waals surface area contributed by atoms with Crippen molar-refractivity contribution in [2.24, 2.45) is 0 Å². The number of aryl methyl sites for hydroxylation is 1. The quantitative estimate of drug-likeness (QED) is 0.689. The lowest BCUT2D eigenvalue weighted by Gasteiger charge is -2.36. The zero-order chi connectivity index (χ0) is 17.8. The van der Waals surface area contributed by atoms with Crippen molar-refractivity contribution in [2.45, 2.75) is 18.8 Å². The van der Waals surface area contributed by atoms with Crippen LogP contribution in [-0.4, -0.2) is 40.7 Å². The summed E-state index contributed by atoms with van der Waals surface area (Å²) in [6.07, 6.45) is 3.45. The van der Waals surface area contributed by atoms with E-state index in [0.29, 0.717) is 37.1 Å². The fourth-order valence-electron chi connectivity index (χ4n) is 2.95. The van der Waals surface area contributed by atoms with Gasteiger partial charge in [0.15, 0.2) is 5.76 Å². The minimum atomic E-state index is -0.0416. The van der Waals surface area contributed by atoms with Gasteiger partial charge in [-0.2, -0.15) is 4.98 Å². The number of hydrogen-bond donors (Lipinski definition) is 1. The number of amides is 2. The lowest BCUT2D eigenvalue weighted by molar-refractivity contribution is 0.137. The number of carbonyl (C=O) groups is 1. The van der Waals surface area contributed by atoms with E-state index in [0.717, 1.165) is 12.8 Å². The van der Waals surface area contributed by atoms with Crippen LogP contribution >= 0.6 is 0 Å². The van der Waals surface area contributed by atoms with Crippen molar-refractivity contribution in [3.8, 4) is 11.6 Å². The molecule has 0 bridgehead atoms. The number of nitrogens with zero attached hydrogens (tertiary/aromatic N) is 3. The minimum absolute atomic E-state index is 0.0416. The molecule has 1 saturated heterocycles. The monoisotopic (exact) mass is 352 g/mol. The molecule has 3 heterocycles. The van der Waals surface area contributed by atoms with E-state index in [9.17, 15) is 4.79 Å². The van der Waals surface area contributed by atoms with Gasteiger partial charge in [0.05, 0.1) is 12.2 Å². The second-order valence-corrected chi connectivity index (χ2v) is 6.36. The Morgan fingerprint density at radius 2 is 2.04 bits per heavy atom. The van der Waals surface area contributed by atoms with Crippen LogP contribution in [0.1, 0.15) is 23.8 Å². The van der Waals surface area contributed by atoms with Crippen LogP contribution in [0.3, 0.4) is 0 Å². The minimum Gasteiger partial charge on any atom is -0.461 e. The summed E-state index contributed by atoms with van der Waals surface area (Å²) in [5.74, 6) is 1.65. The molecule has 1 N–H and O–H groups in total. The first-order valence-electron chi connectivity index (χ1n) is 8.74. The maximum atomic E-state index is 12.1. The van der Waals surface area contributed by atoms with Crippen LogP contribution in [0, 0.1) is 0 Å². The summed E-state index contributed by atoms with van der Waals surface area (Å²) in [7, 11) is 0. The van der Waals surface area contributed by atoms with Gasteiger partial charge in [0.25, 0.3) is 0 Å². The van der Waals surface area contributed by atoms with Crippen LogP contribution in [0.15, 0.2) is 57.7 Å². The molecule has 1 fully saturated rings. The lowest BCUT2D eigenvalue weighted by Crippen LogP contribution is -2.52. The van der Waals surface area contributed by atoms with Gasteiger partial charge < -0.3 is 19.2 Å². The molecule has 26 heavy (non-hydrogen) atoms. The average Bonchev–Trinajstić information content (AvgIpc) is 3.30. The van der Waals surface area contributed by atoms with Crippen LogP contribution < -0.4 is 5.32 Å². The first-order chi connectivity index (χ1) is 12.8. The smallest absolute Gasteiger partial charge is 0.317 e. The molecule has 0 aliphatic carbocycles. The van der Waals surface area contributed by atoms with E-state index in [-0.39, 0.29) is 11.9 Å². The molecule has 1 aromatic carbocycles. The van der Waals surface area contributed by atoms with E-state index in [1.165, 1.54) is 5.56 Å². The molecule has 134 valence electrons. The standard InChI is InChI=1S/C19H20N4O3/c24-19(20-10-4-8-14-6-2-1-3-7-14)23-12-15(13-23)18-21-17(22-26-18)16-9-5-11-25-16/h1-3,5-7,9,11,15H,4,8,10,12-13H2,(H,20,24). The maximum absolute atomic E-state index is 12.1. The zero-order valence-electron chi connectivity index (χ0n) is 14.3. The molecule has 1 aliphatic rings. The summed E-state index contributed by atoms with van der Waals surface area (Å²) in [6, 6.07) is 13.8. The normalized spacial score (nSPS) is 14.2. The largest absolute Gasteiger partial charge is 0.461 e. The molecule has 3 aromatic rings. The number of likely N-dealkylation sites (tertiary alicyclic amines) is 1. The van der Waals surface area contributed by atoms with Gasteiger partial charge in [0, 0.05) is 19.6 Å². The number of nitrogens with one attached hydrogen (secondary N) is 1. The topological polar surface area (TPSA) is 84.4 Å². The molecule has 4 rings (SSSR count). The first-order valence-corrected chi connectivity index (χ1v) is 8.74. The third-order valence-electron chi connectivity index (χ3n) is 4.46. The van der Waals surface area contributed by atoms with Gasteiger partial charge in [-0.05, 0) is 30.5 Å². The van der Waals surface area contributed by atoms with Gasteiger partial charge in [0.1, 0.15) is 0 Å². The van der Waals surface area contributed by atoms with Gasteiger partial charge in [-0.15, -0.1) is 0 Å². The number of carbonyl (C=O) groups excluding carboxylic acids is 1. The van der Waals surface area contributed by atoms with E-state index < -0.39 is 0 Å². The average molecular weight is 352 g/mol. The Hall–Kier alpha value is -3.09. The highest BCUT2D eigenvalue weighted by Gasteiger charge is 2.35. The van der Waals surface area contributed by atoms with Crippen molar-refractivity contribution in [2.75, 3.05) is 19.6 Å². The summed E-state index contributed by atoms with van der Waals surface area (Å²) < 4.78 is 10.5. The van der Waals surface area contributed by atoms with Gasteiger partial charge >= 0.3 is 6.03 Å². The lowest BCUT2D eigenvalue weighted by atomic mass is 10.0. The molecule has 0 unspecified atom stereocenters. The zero-order valence-corrected chi connectivity index (χ0v) is 14.3. The van der Waals surface area contributed by atoms with Gasteiger partial charge in [-0.1, -0.05) is 35.5 Å². The summed E-state index contributed by atoms with van der Waals surface area (Å²) in [5, 5.41) is 6.88. The summed E-state index contributed by atoms with van der Waals surface area (Å²) in [6.45, 7) is 1.84. The molecule has 2 amide bonds. The number of urea groups is 1. The van der Waals surface area contributed by atoms with Crippen LogP contribution in [0.4, 0.5) is 4.79 Å². The number of benzene rings is 1. The number of rotatable bonds is 6. The molecule has 0 spiro atoms. The summed E-state index contributed by atoms with van der Waals surface area (Å²) >= 11 is 0. The van der Waals surface area contributed by atoms with E-state index >= 15 is 0 Å². The summed E-state index contributed by atoms with van der Waals surface area (Å²) in [5.41, 5.74) is 1.29. The Morgan fingerprint density at radius 3 is 2.81 bits per heavy atom. The molecular formula is C19H20N4O3. The Morgan fingerprint density at radius 1 is 1.19 bits per heavy atom. The SMILES string of the molecule is O=C(NCCCc1ccccc1)N1CC(c2nc(-c3ccco3)no2)C1. The highest BCUT2D eigenvalue weighted by Crippen LogP contribution is 2.27. The van der Waals surface area contributed by atoms with Gasteiger partial charge in [-0.3, -0.25) is 0 Å². The highest BCUT2D eigenvalue weighted by atomic mass is 16.5. The third-order valence-corrected chi connectivity index (χ3v) is 4.46. The van der Waals surface area contributed by atoms with Crippen molar-refractivity contribution in [3.05, 3.63) is 60.2 Å².